The van der Waals surface area contributed by atoms with Gasteiger partial charge in [0.05, 0.1) is 17.0 Å². The third kappa shape index (κ3) is 3.15. The Kier molecular flexibility index (Phi) is 4.50. The minimum atomic E-state index is 0.722. The molecule has 2 aromatic heterocycles. The number of hydrogen-bond donors (Lipinski definition) is 0. The Balaban J connectivity index is 1.33. The lowest BCUT2D eigenvalue weighted by Crippen LogP contribution is -2.46. The van der Waals surface area contributed by atoms with Gasteiger partial charge in [0.15, 0.2) is 0 Å². The minimum Gasteiger partial charge on any atom is -0.353 e. The van der Waals surface area contributed by atoms with E-state index in [2.05, 4.69) is 28.0 Å². The first kappa shape index (κ1) is 17.6. The summed E-state index contributed by atoms with van der Waals surface area (Å²) in [5, 5.41) is 10.3. The van der Waals surface area contributed by atoms with Gasteiger partial charge in [0.1, 0.15) is 16.5 Å². The largest absolute Gasteiger partial charge is 0.353 e. The molecule has 0 amide bonds. The van der Waals surface area contributed by atoms with Crippen LogP contribution in [0.5, 0.6) is 0 Å². The Morgan fingerprint density at radius 2 is 1.86 bits per heavy atom. The van der Waals surface area contributed by atoms with Crippen molar-refractivity contribution in [2.24, 2.45) is 0 Å². The Labute approximate surface area is 169 Å². The van der Waals surface area contributed by atoms with E-state index < -0.39 is 0 Å². The van der Waals surface area contributed by atoms with Gasteiger partial charge in [0.2, 0.25) is 0 Å². The molecule has 0 N–H and O–H groups in total. The molecule has 1 fully saturated rings. The van der Waals surface area contributed by atoms with Crippen LogP contribution < -0.4 is 4.90 Å². The fraction of sp³-hybridized carbons (Fsp3) is 0.409. The lowest BCUT2D eigenvalue weighted by atomic mass is 10.1. The highest BCUT2D eigenvalue weighted by atomic mass is 32.1. The van der Waals surface area contributed by atoms with Gasteiger partial charge in [-0.15, -0.1) is 11.3 Å². The summed E-state index contributed by atoms with van der Waals surface area (Å²) in [6.07, 6.45) is 3.64. The molecule has 2 aliphatic rings. The zero-order chi connectivity index (χ0) is 19.1. The third-order valence-electron chi connectivity index (χ3n) is 5.82. The molecule has 0 radical (unpaired) electrons. The van der Waals surface area contributed by atoms with Crippen molar-refractivity contribution in [2.45, 2.75) is 32.7 Å². The van der Waals surface area contributed by atoms with E-state index in [-0.39, 0.29) is 0 Å². The van der Waals surface area contributed by atoms with Crippen LogP contribution in [0.25, 0.3) is 10.2 Å². The summed E-state index contributed by atoms with van der Waals surface area (Å²) in [4.78, 5) is 17.2. The fourth-order valence-corrected chi connectivity index (χ4v) is 5.67. The lowest BCUT2D eigenvalue weighted by Gasteiger charge is -2.36. The maximum atomic E-state index is 8.95. The molecule has 1 aromatic carbocycles. The molecule has 142 valence electrons. The number of anilines is 1. The van der Waals surface area contributed by atoms with Crippen LogP contribution in [0.15, 0.2) is 24.3 Å². The van der Waals surface area contributed by atoms with Gasteiger partial charge in [-0.3, -0.25) is 4.90 Å². The molecule has 1 aliphatic heterocycles. The predicted octanol–water partition coefficient (Wildman–Crippen LogP) is 3.68. The molecule has 0 unspecified atom stereocenters. The summed E-state index contributed by atoms with van der Waals surface area (Å²) in [6, 6.07) is 10.1. The number of fused-ring (bicyclic) bond motifs is 3. The molecule has 28 heavy (non-hydrogen) atoms. The number of piperazine rings is 1. The standard InChI is InChI=1S/C22H23N5S/c1-15-24-21(20-18-3-2-4-19(18)28-22(20)25-15)27-11-9-26(10-12-27)14-17-7-5-16(13-23)6-8-17/h5-8H,2-4,9-12,14H2,1H3. The van der Waals surface area contributed by atoms with E-state index in [1.807, 2.05) is 30.4 Å². The van der Waals surface area contributed by atoms with Crippen LogP contribution in [0.3, 0.4) is 0 Å². The van der Waals surface area contributed by atoms with E-state index in [9.17, 15) is 0 Å². The second-order valence-electron chi connectivity index (χ2n) is 7.70. The van der Waals surface area contributed by atoms with Crippen LogP contribution in [-0.2, 0) is 19.4 Å². The van der Waals surface area contributed by atoms with Crippen molar-refractivity contribution < 1.29 is 0 Å². The highest BCUT2D eigenvalue weighted by Crippen LogP contribution is 2.40. The minimum absolute atomic E-state index is 0.722. The summed E-state index contributed by atoms with van der Waals surface area (Å²) in [5.74, 6) is 2.03. The van der Waals surface area contributed by atoms with E-state index in [0.29, 0.717) is 0 Å². The number of aryl methyl sites for hydroxylation is 3. The van der Waals surface area contributed by atoms with Gasteiger partial charge in [-0.2, -0.15) is 5.26 Å². The van der Waals surface area contributed by atoms with Gasteiger partial charge in [-0.25, -0.2) is 9.97 Å². The number of hydrogen-bond acceptors (Lipinski definition) is 6. The molecule has 0 atom stereocenters. The van der Waals surface area contributed by atoms with Crippen molar-refractivity contribution in [1.29, 1.82) is 5.26 Å². The predicted molar refractivity (Wildman–Crippen MR) is 113 cm³/mol. The molecule has 0 saturated carbocycles. The highest BCUT2D eigenvalue weighted by Gasteiger charge is 2.26. The van der Waals surface area contributed by atoms with Crippen LogP contribution in [0.2, 0.25) is 0 Å². The normalized spacial score (nSPS) is 17.1. The Morgan fingerprint density at radius 3 is 2.61 bits per heavy atom. The zero-order valence-electron chi connectivity index (χ0n) is 16.1. The molecule has 5 rings (SSSR count). The number of aromatic nitrogens is 2. The van der Waals surface area contributed by atoms with Crippen LogP contribution in [0, 0.1) is 18.3 Å². The first-order chi connectivity index (χ1) is 13.7. The van der Waals surface area contributed by atoms with Crippen LogP contribution >= 0.6 is 11.3 Å². The van der Waals surface area contributed by atoms with Crippen molar-refractivity contribution in [3.05, 3.63) is 51.7 Å². The zero-order valence-corrected chi connectivity index (χ0v) is 16.9. The maximum absolute atomic E-state index is 8.95. The second kappa shape index (κ2) is 7.16. The molecule has 1 aliphatic carbocycles. The Bertz CT molecular complexity index is 1060. The van der Waals surface area contributed by atoms with Gasteiger partial charge in [0.25, 0.3) is 0 Å². The van der Waals surface area contributed by atoms with Crippen LogP contribution in [0.4, 0.5) is 5.82 Å². The Morgan fingerprint density at radius 1 is 1.07 bits per heavy atom. The highest BCUT2D eigenvalue weighted by molar-refractivity contribution is 7.19. The molecule has 0 spiro atoms. The summed E-state index contributed by atoms with van der Waals surface area (Å²) in [5.41, 5.74) is 3.50. The van der Waals surface area contributed by atoms with Crippen LogP contribution in [-0.4, -0.2) is 41.0 Å². The van der Waals surface area contributed by atoms with E-state index in [1.165, 1.54) is 45.5 Å². The van der Waals surface area contributed by atoms with Gasteiger partial charge < -0.3 is 4.90 Å². The number of benzene rings is 1. The molecule has 0 bridgehead atoms. The summed E-state index contributed by atoms with van der Waals surface area (Å²) in [7, 11) is 0. The summed E-state index contributed by atoms with van der Waals surface area (Å²) in [6.45, 7) is 6.98. The summed E-state index contributed by atoms with van der Waals surface area (Å²) >= 11 is 1.87. The van der Waals surface area contributed by atoms with Crippen molar-refractivity contribution in [3.63, 3.8) is 0 Å². The number of nitriles is 1. The first-order valence-electron chi connectivity index (χ1n) is 9.96. The van der Waals surface area contributed by atoms with E-state index in [0.717, 1.165) is 49.9 Å². The van der Waals surface area contributed by atoms with Crippen molar-refractivity contribution >= 4 is 27.4 Å². The van der Waals surface area contributed by atoms with Gasteiger partial charge in [-0.1, -0.05) is 12.1 Å². The van der Waals surface area contributed by atoms with Gasteiger partial charge in [-0.05, 0) is 49.4 Å². The molecule has 5 nitrogen and oxygen atoms in total. The topological polar surface area (TPSA) is 56.1 Å². The second-order valence-corrected chi connectivity index (χ2v) is 8.79. The third-order valence-corrected chi connectivity index (χ3v) is 7.00. The smallest absolute Gasteiger partial charge is 0.141 e. The van der Waals surface area contributed by atoms with E-state index >= 15 is 0 Å². The average Bonchev–Trinajstić information content (AvgIpc) is 3.29. The molecular formula is C22H23N5S. The van der Waals surface area contributed by atoms with E-state index in [1.54, 1.807) is 0 Å². The summed E-state index contributed by atoms with van der Waals surface area (Å²) < 4.78 is 0. The fourth-order valence-electron chi connectivity index (χ4n) is 4.37. The number of nitrogens with zero attached hydrogens (tertiary/aromatic N) is 5. The monoisotopic (exact) mass is 389 g/mol. The molecule has 6 heteroatoms. The SMILES string of the molecule is Cc1nc(N2CCN(Cc3ccc(C#N)cc3)CC2)c2c3c(sc2n1)CCC3. The number of rotatable bonds is 3. The lowest BCUT2D eigenvalue weighted by molar-refractivity contribution is 0.249. The van der Waals surface area contributed by atoms with Crippen LogP contribution in [0.1, 0.15) is 33.8 Å². The van der Waals surface area contributed by atoms with E-state index in [4.69, 9.17) is 15.2 Å². The van der Waals surface area contributed by atoms with Crippen molar-refractivity contribution in [3.8, 4) is 6.07 Å². The quantitative estimate of drug-likeness (QED) is 0.684. The first-order valence-corrected chi connectivity index (χ1v) is 10.8. The maximum Gasteiger partial charge on any atom is 0.141 e. The van der Waals surface area contributed by atoms with Crippen molar-refractivity contribution in [2.75, 3.05) is 31.1 Å². The molecule has 1 saturated heterocycles. The van der Waals surface area contributed by atoms with Gasteiger partial charge in [0, 0.05) is 37.6 Å². The number of thiophene rings is 1. The van der Waals surface area contributed by atoms with Crippen molar-refractivity contribution in [1.82, 2.24) is 14.9 Å². The van der Waals surface area contributed by atoms with Gasteiger partial charge >= 0.3 is 0 Å². The molecule has 3 heterocycles. The Hall–Kier alpha value is -2.49. The molecule has 3 aromatic rings. The average molecular weight is 390 g/mol. The molecular weight excluding hydrogens is 366 g/mol.